The number of hydrogen-bond donors (Lipinski definition) is 0. The molecular formula is C20H29NO3. The van der Waals surface area contributed by atoms with E-state index in [0.29, 0.717) is 11.5 Å². The molecule has 1 saturated heterocycles. The number of benzene rings is 1. The third-order valence-corrected chi connectivity index (χ3v) is 4.57. The van der Waals surface area contributed by atoms with Crippen molar-refractivity contribution < 1.29 is 14.3 Å². The summed E-state index contributed by atoms with van der Waals surface area (Å²) in [7, 11) is 3.22. The van der Waals surface area contributed by atoms with Crippen LogP contribution in [0.2, 0.25) is 0 Å². The molecule has 4 nitrogen and oxygen atoms in total. The first-order chi connectivity index (χ1) is 11.5. The Kier molecular flexibility index (Phi) is 6.44. The van der Waals surface area contributed by atoms with Crippen molar-refractivity contribution in [1.29, 1.82) is 0 Å². The van der Waals surface area contributed by atoms with Crippen LogP contribution in [0.5, 0.6) is 11.5 Å². The maximum absolute atomic E-state index is 12.6. The van der Waals surface area contributed by atoms with E-state index in [1.807, 2.05) is 38.1 Å². The Hall–Kier alpha value is -1.81. The highest BCUT2D eigenvalue weighted by molar-refractivity contribution is 5.97. The lowest BCUT2D eigenvalue weighted by Gasteiger charge is -2.33. The van der Waals surface area contributed by atoms with Gasteiger partial charge in [0.1, 0.15) is 0 Å². The summed E-state index contributed by atoms with van der Waals surface area (Å²) >= 11 is 0. The van der Waals surface area contributed by atoms with Gasteiger partial charge in [-0.05, 0) is 49.7 Å². The van der Waals surface area contributed by atoms with Crippen LogP contribution in [-0.4, -0.2) is 44.5 Å². The first-order valence-corrected chi connectivity index (χ1v) is 8.63. The summed E-state index contributed by atoms with van der Waals surface area (Å²) in [6.07, 6.45) is 7.33. The van der Waals surface area contributed by atoms with Gasteiger partial charge in [-0.3, -0.25) is 4.79 Å². The zero-order chi connectivity index (χ0) is 17.6. The molecule has 24 heavy (non-hydrogen) atoms. The smallest absolute Gasteiger partial charge is 0.162 e. The summed E-state index contributed by atoms with van der Waals surface area (Å²) in [4.78, 5) is 15.0. The first-order valence-electron chi connectivity index (χ1n) is 8.63. The van der Waals surface area contributed by atoms with Gasteiger partial charge in [0.2, 0.25) is 0 Å². The zero-order valence-corrected chi connectivity index (χ0v) is 15.3. The van der Waals surface area contributed by atoms with E-state index in [4.69, 9.17) is 9.47 Å². The normalized spacial score (nSPS) is 16.3. The standard InChI is InChI=1S/C20H29NO3/c1-20(2,15-21-12-6-5-7-13-21)19(22)11-9-16-8-10-17(23-3)18(14-16)24-4/h8-11,14H,5-7,12-13,15H2,1-4H3/b11-9+. The number of carbonyl (C=O) groups is 1. The summed E-state index contributed by atoms with van der Waals surface area (Å²) in [5.41, 5.74) is 0.555. The molecular weight excluding hydrogens is 302 g/mol. The van der Waals surface area contributed by atoms with E-state index in [0.717, 1.165) is 25.2 Å². The fraction of sp³-hybridized carbons (Fsp3) is 0.550. The number of ketones is 1. The van der Waals surface area contributed by atoms with E-state index in [1.165, 1.54) is 19.3 Å². The number of allylic oxidation sites excluding steroid dienone is 1. The maximum Gasteiger partial charge on any atom is 0.162 e. The fourth-order valence-corrected chi connectivity index (χ4v) is 3.11. The van der Waals surface area contributed by atoms with Crippen LogP contribution in [-0.2, 0) is 4.79 Å². The molecule has 0 N–H and O–H groups in total. The van der Waals surface area contributed by atoms with Crippen molar-refractivity contribution in [3.05, 3.63) is 29.8 Å². The Morgan fingerprint density at radius 1 is 1.12 bits per heavy atom. The molecule has 1 aliphatic heterocycles. The van der Waals surface area contributed by atoms with Gasteiger partial charge in [-0.25, -0.2) is 0 Å². The molecule has 1 heterocycles. The Labute approximate surface area is 145 Å². The number of carbonyl (C=O) groups excluding carboxylic acids is 1. The van der Waals surface area contributed by atoms with Gasteiger partial charge in [0.15, 0.2) is 17.3 Å². The van der Waals surface area contributed by atoms with Crippen LogP contribution < -0.4 is 9.47 Å². The second-order valence-corrected chi connectivity index (χ2v) is 7.03. The lowest BCUT2D eigenvalue weighted by Crippen LogP contribution is -2.41. The molecule has 1 aromatic rings. The largest absolute Gasteiger partial charge is 0.493 e. The maximum atomic E-state index is 12.6. The van der Waals surface area contributed by atoms with Gasteiger partial charge >= 0.3 is 0 Å². The number of rotatable bonds is 7. The summed E-state index contributed by atoms with van der Waals surface area (Å²) in [5.74, 6) is 1.51. The van der Waals surface area contributed by atoms with E-state index in [2.05, 4.69) is 4.90 Å². The molecule has 2 rings (SSSR count). The number of ether oxygens (including phenoxy) is 2. The quantitative estimate of drug-likeness (QED) is 0.713. The van der Waals surface area contributed by atoms with Crippen LogP contribution in [0.3, 0.4) is 0 Å². The highest BCUT2D eigenvalue weighted by atomic mass is 16.5. The number of hydrogen-bond acceptors (Lipinski definition) is 4. The molecule has 0 bridgehead atoms. The first kappa shape index (κ1) is 18.5. The number of methoxy groups -OCH3 is 2. The predicted octanol–water partition coefficient (Wildman–Crippen LogP) is 3.80. The van der Waals surface area contributed by atoms with E-state index >= 15 is 0 Å². The van der Waals surface area contributed by atoms with Crippen molar-refractivity contribution >= 4 is 11.9 Å². The van der Waals surface area contributed by atoms with Crippen LogP contribution in [0, 0.1) is 5.41 Å². The van der Waals surface area contributed by atoms with Gasteiger partial charge in [0.25, 0.3) is 0 Å². The molecule has 0 unspecified atom stereocenters. The lowest BCUT2D eigenvalue weighted by atomic mass is 9.86. The Morgan fingerprint density at radius 3 is 2.42 bits per heavy atom. The van der Waals surface area contributed by atoms with Crippen LogP contribution in [0.4, 0.5) is 0 Å². The van der Waals surface area contributed by atoms with Crippen LogP contribution in [0.15, 0.2) is 24.3 Å². The molecule has 0 aliphatic carbocycles. The highest BCUT2D eigenvalue weighted by Crippen LogP contribution is 2.28. The Balaban J connectivity index is 2.02. The molecule has 132 valence electrons. The van der Waals surface area contributed by atoms with Gasteiger partial charge in [0.05, 0.1) is 14.2 Å². The average Bonchev–Trinajstić information content (AvgIpc) is 2.59. The van der Waals surface area contributed by atoms with E-state index in [-0.39, 0.29) is 11.2 Å². The fourth-order valence-electron chi connectivity index (χ4n) is 3.11. The van der Waals surface area contributed by atoms with E-state index < -0.39 is 0 Å². The van der Waals surface area contributed by atoms with Crippen molar-refractivity contribution in [2.75, 3.05) is 33.9 Å². The molecule has 1 fully saturated rings. The summed E-state index contributed by atoms with van der Waals surface area (Å²) in [6.45, 7) is 7.10. The molecule has 0 saturated carbocycles. The van der Waals surface area contributed by atoms with Crippen molar-refractivity contribution in [3.63, 3.8) is 0 Å². The second-order valence-electron chi connectivity index (χ2n) is 7.03. The summed E-state index contributed by atoms with van der Waals surface area (Å²) in [5, 5.41) is 0. The molecule has 0 amide bonds. The predicted molar refractivity (Wildman–Crippen MR) is 97.7 cm³/mol. The number of nitrogens with zero attached hydrogens (tertiary/aromatic N) is 1. The summed E-state index contributed by atoms with van der Waals surface area (Å²) < 4.78 is 10.5. The van der Waals surface area contributed by atoms with Gasteiger partial charge < -0.3 is 14.4 Å². The van der Waals surface area contributed by atoms with Gasteiger partial charge in [-0.1, -0.05) is 32.4 Å². The van der Waals surface area contributed by atoms with Gasteiger partial charge in [-0.2, -0.15) is 0 Å². The monoisotopic (exact) mass is 331 g/mol. The van der Waals surface area contributed by atoms with Crippen LogP contribution in [0.25, 0.3) is 6.08 Å². The number of likely N-dealkylation sites (tertiary alicyclic amines) is 1. The minimum Gasteiger partial charge on any atom is -0.493 e. The summed E-state index contributed by atoms with van der Waals surface area (Å²) in [6, 6.07) is 5.64. The van der Waals surface area contributed by atoms with Gasteiger partial charge in [-0.15, -0.1) is 0 Å². The molecule has 0 radical (unpaired) electrons. The highest BCUT2D eigenvalue weighted by Gasteiger charge is 2.28. The lowest BCUT2D eigenvalue weighted by molar-refractivity contribution is -0.123. The molecule has 4 heteroatoms. The van der Waals surface area contributed by atoms with E-state index in [9.17, 15) is 4.79 Å². The molecule has 0 atom stereocenters. The molecule has 0 spiro atoms. The van der Waals surface area contributed by atoms with Crippen molar-refractivity contribution in [2.24, 2.45) is 5.41 Å². The SMILES string of the molecule is COc1ccc(/C=C/C(=O)C(C)(C)CN2CCCCC2)cc1OC. The third-order valence-electron chi connectivity index (χ3n) is 4.57. The Morgan fingerprint density at radius 2 is 1.79 bits per heavy atom. The second kappa shape index (κ2) is 8.34. The topological polar surface area (TPSA) is 38.8 Å². The molecule has 1 aliphatic rings. The van der Waals surface area contributed by atoms with Crippen LogP contribution in [0.1, 0.15) is 38.7 Å². The van der Waals surface area contributed by atoms with Crippen molar-refractivity contribution in [1.82, 2.24) is 4.90 Å². The number of piperidine rings is 1. The molecule has 1 aromatic carbocycles. The third kappa shape index (κ3) is 4.84. The van der Waals surface area contributed by atoms with Crippen molar-refractivity contribution in [3.8, 4) is 11.5 Å². The minimum absolute atomic E-state index is 0.155. The van der Waals surface area contributed by atoms with Crippen LogP contribution >= 0.6 is 0 Å². The zero-order valence-electron chi connectivity index (χ0n) is 15.3. The minimum atomic E-state index is -0.371. The molecule has 0 aromatic heterocycles. The Bertz CT molecular complexity index is 587. The van der Waals surface area contributed by atoms with Gasteiger partial charge in [0, 0.05) is 12.0 Å². The van der Waals surface area contributed by atoms with Crippen molar-refractivity contribution in [2.45, 2.75) is 33.1 Å². The average molecular weight is 331 g/mol. The van der Waals surface area contributed by atoms with E-state index in [1.54, 1.807) is 20.3 Å².